The maximum Gasteiger partial charge on any atom is 0.224 e. The van der Waals surface area contributed by atoms with Gasteiger partial charge >= 0.3 is 0 Å². The van der Waals surface area contributed by atoms with Crippen molar-refractivity contribution in [1.29, 1.82) is 0 Å². The van der Waals surface area contributed by atoms with Gasteiger partial charge in [-0.2, -0.15) is 0 Å². The molecule has 5 heteroatoms. The summed E-state index contributed by atoms with van der Waals surface area (Å²) < 4.78 is 12.4. The molecule has 1 heterocycles. The van der Waals surface area contributed by atoms with Crippen molar-refractivity contribution >= 4 is 21.8 Å². The fourth-order valence-electron chi connectivity index (χ4n) is 3.54. The molecule has 1 aliphatic heterocycles. The predicted octanol–water partition coefficient (Wildman–Crippen LogP) is 4.66. The maximum atomic E-state index is 12.7. The number of carbonyl (C=O) groups excluding carboxylic acids is 1. The topological polar surface area (TPSA) is 47.6 Å². The van der Waals surface area contributed by atoms with Gasteiger partial charge in [0, 0.05) is 17.7 Å². The Morgan fingerprint density at radius 3 is 2.67 bits per heavy atom. The van der Waals surface area contributed by atoms with Crippen molar-refractivity contribution in [1.82, 2.24) is 5.32 Å². The Hall–Kier alpha value is -1.85. The van der Waals surface area contributed by atoms with E-state index in [2.05, 4.69) is 46.4 Å². The van der Waals surface area contributed by atoms with Crippen molar-refractivity contribution < 1.29 is 14.3 Å². The Morgan fingerprint density at radius 1 is 1.19 bits per heavy atom. The molecule has 0 atom stereocenters. The summed E-state index contributed by atoms with van der Waals surface area (Å²) in [7, 11) is 0. The normalized spacial score (nSPS) is 16.0. The first kappa shape index (κ1) is 19.9. The van der Waals surface area contributed by atoms with Gasteiger partial charge < -0.3 is 14.8 Å². The number of ether oxygens (including phenoxy) is 2. The third kappa shape index (κ3) is 5.11. The number of rotatable bonds is 6. The van der Waals surface area contributed by atoms with Crippen molar-refractivity contribution in [3.8, 4) is 5.75 Å². The molecule has 1 saturated heterocycles. The van der Waals surface area contributed by atoms with Gasteiger partial charge in [0.05, 0.1) is 18.6 Å². The number of halogens is 1. The molecule has 27 heavy (non-hydrogen) atoms. The largest absolute Gasteiger partial charge is 0.493 e. The molecular formula is C22H26BrNO3. The van der Waals surface area contributed by atoms with Crippen LogP contribution >= 0.6 is 15.9 Å². The molecule has 0 unspecified atom stereocenters. The Labute approximate surface area is 169 Å². The van der Waals surface area contributed by atoms with Crippen LogP contribution in [0.25, 0.3) is 0 Å². The highest BCUT2D eigenvalue weighted by molar-refractivity contribution is 9.10. The summed E-state index contributed by atoms with van der Waals surface area (Å²) in [5.41, 5.74) is 3.03. The van der Waals surface area contributed by atoms with E-state index >= 15 is 0 Å². The second kappa shape index (κ2) is 8.89. The van der Waals surface area contributed by atoms with E-state index in [1.807, 2.05) is 31.2 Å². The van der Waals surface area contributed by atoms with Crippen molar-refractivity contribution in [2.24, 2.45) is 0 Å². The summed E-state index contributed by atoms with van der Waals surface area (Å²) in [6, 6.07) is 14.2. The molecule has 0 saturated carbocycles. The fourth-order valence-corrected chi connectivity index (χ4v) is 3.94. The summed E-state index contributed by atoms with van der Waals surface area (Å²) in [5.74, 6) is 0.836. The Bertz CT molecular complexity index is 800. The van der Waals surface area contributed by atoms with Crippen LogP contribution in [-0.2, 0) is 15.1 Å². The summed E-state index contributed by atoms with van der Waals surface area (Å²) in [5, 5.41) is 3.27. The average molecular weight is 432 g/mol. The molecule has 1 amide bonds. The van der Waals surface area contributed by atoms with Crippen molar-refractivity contribution in [2.45, 2.75) is 38.6 Å². The van der Waals surface area contributed by atoms with Crippen molar-refractivity contribution in [3.63, 3.8) is 0 Å². The summed E-state index contributed by atoms with van der Waals surface area (Å²) in [6.07, 6.45) is 1.87. The van der Waals surface area contributed by atoms with E-state index in [1.165, 1.54) is 5.56 Å². The number of hydrogen-bond donors (Lipinski definition) is 1. The molecule has 3 rings (SSSR count). The van der Waals surface area contributed by atoms with Crippen molar-refractivity contribution in [2.75, 3.05) is 19.8 Å². The van der Waals surface area contributed by atoms with E-state index in [9.17, 15) is 4.79 Å². The fraction of sp³-hybridized carbons (Fsp3) is 0.409. The molecule has 0 spiro atoms. The van der Waals surface area contributed by atoms with Gasteiger partial charge in [-0.05, 0) is 56.0 Å². The van der Waals surface area contributed by atoms with E-state index < -0.39 is 0 Å². The number of aryl methyl sites for hydroxylation is 2. The number of nitrogens with one attached hydrogen (secondary N) is 1. The minimum atomic E-state index is -0.376. The molecule has 1 fully saturated rings. The van der Waals surface area contributed by atoms with Gasteiger partial charge in [0.1, 0.15) is 5.75 Å². The van der Waals surface area contributed by atoms with E-state index in [-0.39, 0.29) is 11.4 Å². The summed E-state index contributed by atoms with van der Waals surface area (Å²) in [6.45, 7) is 5.73. The van der Waals surface area contributed by atoms with Gasteiger partial charge in [0.25, 0.3) is 0 Å². The molecule has 4 nitrogen and oxygen atoms in total. The van der Waals surface area contributed by atoms with Gasteiger partial charge in [-0.3, -0.25) is 4.79 Å². The molecule has 1 N–H and O–H groups in total. The molecule has 0 bridgehead atoms. The Balaban J connectivity index is 1.63. The minimum absolute atomic E-state index is 0.00152. The van der Waals surface area contributed by atoms with E-state index in [0.29, 0.717) is 26.2 Å². The first-order valence-corrected chi connectivity index (χ1v) is 10.1. The van der Waals surface area contributed by atoms with E-state index in [4.69, 9.17) is 9.47 Å². The lowest BCUT2D eigenvalue weighted by molar-refractivity contribution is -0.125. The van der Waals surface area contributed by atoms with Crippen LogP contribution in [0.2, 0.25) is 0 Å². The maximum absolute atomic E-state index is 12.7. The van der Waals surface area contributed by atoms with Crippen LogP contribution in [0.3, 0.4) is 0 Å². The molecule has 2 aromatic carbocycles. The van der Waals surface area contributed by atoms with Crippen LogP contribution in [0, 0.1) is 13.8 Å². The number of hydrogen-bond acceptors (Lipinski definition) is 3. The van der Waals surface area contributed by atoms with Gasteiger partial charge in [-0.1, -0.05) is 45.8 Å². The predicted molar refractivity (Wildman–Crippen MR) is 110 cm³/mol. The van der Waals surface area contributed by atoms with Gasteiger partial charge in [0.15, 0.2) is 0 Å². The summed E-state index contributed by atoms with van der Waals surface area (Å²) in [4.78, 5) is 12.7. The first-order valence-electron chi connectivity index (χ1n) is 9.33. The number of benzene rings is 2. The molecule has 0 aliphatic carbocycles. The molecule has 144 valence electrons. The number of amides is 1. The Morgan fingerprint density at radius 2 is 1.96 bits per heavy atom. The molecular weight excluding hydrogens is 406 g/mol. The third-order valence-electron chi connectivity index (χ3n) is 5.02. The van der Waals surface area contributed by atoms with Gasteiger partial charge in [0.2, 0.25) is 5.91 Å². The zero-order valence-corrected chi connectivity index (χ0v) is 17.5. The lowest BCUT2D eigenvalue weighted by Crippen LogP contribution is -2.49. The zero-order valence-electron chi connectivity index (χ0n) is 15.9. The quantitative estimate of drug-likeness (QED) is 0.723. The van der Waals surface area contributed by atoms with Crippen LogP contribution in [0.4, 0.5) is 0 Å². The molecule has 1 aliphatic rings. The molecule has 0 aromatic heterocycles. The van der Waals surface area contributed by atoms with Crippen LogP contribution in [0.1, 0.15) is 36.0 Å². The number of carbonyl (C=O) groups is 1. The minimum Gasteiger partial charge on any atom is -0.493 e. The van der Waals surface area contributed by atoms with Gasteiger partial charge in [-0.25, -0.2) is 0 Å². The average Bonchev–Trinajstić information content (AvgIpc) is 2.64. The highest BCUT2D eigenvalue weighted by Gasteiger charge is 2.35. The monoisotopic (exact) mass is 431 g/mol. The molecule has 2 aromatic rings. The van der Waals surface area contributed by atoms with Gasteiger partial charge in [-0.15, -0.1) is 0 Å². The highest BCUT2D eigenvalue weighted by Crippen LogP contribution is 2.33. The van der Waals surface area contributed by atoms with Crippen LogP contribution in [-0.4, -0.2) is 25.7 Å². The van der Waals surface area contributed by atoms with Crippen LogP contribution in [0.15, 0.2) is 46.9 Å². The molecule has 0 radical (unpaired) electrons. The SMILES string of the molecule is Cc1ccc(OCCC(=O)NC2(c3cccc(Br)c3)CCOCC2)c(C)c1. The smallest absolute Gasteiger partial charge is 0.224 e. The zero-order chi connectivity index (χ0) is 19.3. The third-order valence-corrected chi connectivity index (χ3v) is 5.51. The first-order chi connectivity index (χ1) is 13.0. The van der Waals surface area contributed by atoms with E-state index in [1.54, 1.807) is 0 Å². The highest BCUT2D eigenvalue weighted by atomic mass is 79.9. The Kier molecular flexibility index (Phi) is 6.55. The van der Waals surface area contributed by atoms with E-state index in [0.717, 1.165) is 34.2 Å². The second-order valence-corrected chi connectivity index (χ2v) is 8.04. The lowest BCUT2D eigenvalue weighted by atomic mass is 9.82. The van der Waals surface area contributed by atoms with Crippen molar-refractivity contribution in [3.05, 3.63) is 63.6 Å². The second-order valence-electron chi connectivity index (χ2n) is 7.12. The lowest BCUT2D eigenvalue weighted by Gasteiger charge is -2.38. The standard InChI is InChI=1S/C22H26BrNO3/c1-16-6-7-20(17(2)14-16)27-11-8-21(25)24-22(9-12-26-13-10-22)18-4-3-5-19(23)15-18/h3-7,14-15H,8-13H2,1-2H3,(H,24,25). The van der Waals surface area contributed by atoms with Crippen LogP contribution in [0.5, 0.6) is 5.75 Å². The van der Waals surface area contributed by atoms with Crippen LogP contribution < -0.4 is 10.1 Å². The summed E-state index contributed by atoms with van der Waals surface area (Å²) >= 11 is 3.53.